The second kappa shape index (κ2) is 5.06. The molecular weight excluding hydrogens is 305 g/mol. The van der Waals surface area contributed by atoms with Crippen molar-refractivity contribution in [2.75, 3.05) is 0 Å². The second-order valence-corrected chi connectivity index (χ2v) is 5.05. The maximum atomic E-state index is 13.4. The van der Waals surface area contributed by atoms with Crippen LogP contribution in [0.5, 0.6) is 0 Å². The first-order chi connectivity index (χ1) is 8.54. The molecule has 1 amide bonds. The van der Waals surface area contributed by atoms with E-state index in [0.29, 0.717) is 6.41 Å². The summed E-state index contributed by atoms with van der Waals surface area (Å²) in [6, 6.07) is 2.91. The predicted molar refractivity (Wildman–Crippen MR) is 65.4 cm³/mol. The molecule has 1 aliphatic carbocycles. The van der Waals surface area contributed by atoms with E-state index in [1.54, 1.807) is 0 Å². The van der Waals surface area contributed by atoms with Crippen LogP contribution in [-0.4, -0.2) is 28.4 Å². The van der Waals surface area contributed by atoms with E-state index in [1.807, 2.05) is 0 Å². The Labute approximate surface area is 112 Å². The van der Waals surface area contributed by atoms with Gasteiger partial charge in [-0.2, -0.15) is 0 Å². The predicted octanol–water partition coefficient (Wildman–Crippen LogP) is 2.33. The fourth-order valence-electron chi connectivity index (χ4n) is 1.86. The summed E-state index contributed by atoms with van der Waals surface area (Å²) >= 11 is 3.01. The number of carboxylic acid groups (broad SMARTS) is 1. The lowest BCUT2D eigenvalue weighted by Gasteiger charge is -2.25. The van der Waals surface area contributed by atoms with Gasteiger partial charge in [0.15, 0.2) is 6.04 Å². The van der Waals surface area contributed by atoms with Crippen LogP contribution in [0.1, 0.15) is 24.4 Å². The zero-order valence-corrected chi connectivity index (χ0v) is 10.9. The molecule has 0 aliphatic heterocycles. The lowest BCUT2D eigenvalue weighted by atomic mass is 10.1. The van der Waals surface area contributed by atoms with Gasteiger partial charge in [-0.25, -0.2) is 9.18 Å². The molecule has 1 fully saturated rings. The molecule has 1 unspecified atom stereocenters. The molecule has 0 bridgehead atoms. The first kappa shape index (κ1) is 13.0. The van der Waals surface area contributed by atoms with Crippen molar-refractivity contribution >= 4 is 28.3 Å². The first-order valence-corrected chi connectivity index (χ1v) is 6.24. The molecule has 1 atom stereocenters. The maximum absolute atomic E-state index is 13.4. The summed E-state index contributed by atoms with van der Waals surface area (Å²) in [7, 11) is 0. The number of carbonyl (C=O) groups excluding carboxylic acids is 1. The molecule has 0 spiro atoms. The Hall–Kier alpha value is -1.43. The van der Waals surface area contributed by atoms with Gasteiger partial charge in [-0.3, -0.25) is 4.79 Å². The SMILES string of the molecule is O=CN(C1CC1)C(C(=O)O)c1ccc(Br)c(F)c1. The number of halogens is 2. The van der Waals surface area contributed by atoms with Gasteiger partial charge in [0.1, 0.15) is 5.82 Å². The normalized spacial score (nSPS) is 16.1. The van der Waals surface area contributed by atoms with E-state index in [-0.39, 0.29) is 16.1 Å². The van der Waals surface area contributed by atoms with Crippen molar-refractivity contribution in [3.05, 3.63) is 34.1 Å². The molecule has 6 heteroatoms. The van der Waals surface area contributed by atoms with Crippen molar-refractivity contribution in [3.63, 3.8) is 0 Å². The molecule has 2 rings (SSSR count). The van der Waals surface area contributed by atoms with E-state index >= 15 is 0 Å². The number of benzene rings is 1. The van der Waals surface area contributed by atoms with Gasteiger partial charge in [-0.1, -0.05) is 6.07 Å². The topological polar surface area (TPSA) is 57.6 Å². The highest BCUT2D eigenvalue weighted by atomic mass is 79.9. The van der Waals surface area contributed by atoms with Crippen LogP contribution >= 0.6 is 15.9 Å². The smallest absolute Gasteiger partial charge is 0.331 e. The Kier molecular flexibility index (Phi) is 3.65. The van der Waals surface area contributed by atoms with Crippen molar-refractivity contribution in [1.29, 1.82) is 0 Å². The Morgan fingerprint density at radius 1 is 1.56 bits per heavy atom. The highest BCUT2D eigenvalue weighted by molar-refractivity contribution is 9.10. The molecule has 0 radical (unpaired) electrons. The monoisotopic (exact) mass is 315 g/mol. The Balaban J connectivity index is 2.36. The van der Waals surface area contributed by atoms with Crippen molar-refractivity contribution in [2.45, 2.75) is 24.9 Å². The summed E-state index contributed by atoms with van der Waals surface area (Å²) in [5.74, 6) is -1.70. The fraction of sp³-hybridized carbons (Fsp3) is 0.333. The zero-order chi connectivity index (χ0) is 13.3. The third-order valence-electron chi connectivity index (χ3n) is 2.88. The van der Waals surface area contributed by atoms with Crippen LogP contribution < -0.4 is 0 Å². The van der Waals surface area contributed by atoms with Gasteiger partial charge in [-0.05, 0) is 46.5 Å². The van der Waals surface area contributed by atoms with Gasteiger partial charge >= 0.3 is 5.97 Å². The van der Waals surface area contributed by atoms with Gasteiger partial charge in [0.05, 0.1) is 4.47 Å². The van der Waals surface area contributed by atoms with E-state index in [0.717, 1.165) is 18.9 Å². The van der Waals surface area contributed by atoms with Crippen LogP contribution in [-0.2, 0) is 9.59 Å². The van der Waals surface area contributed by atoms with E-state index in [1.165, 1.54) is 17.0 Å². The summed E-state index contributed by atoms with van der Waals surface area (Å²) < 4.78 is 13.7. The molecule has 1 N–H and O–H groups in total. The Bertz CT molecular complexity index is 490. The van der Waals surface area contributed by atoms with Crippen LogP contribution in [0.3, 0.4) is 0 Å². The second-order valence-electron chi connectivity index (χ2n) is 4.20. The summed E-state index contributed by atoms with van der Waals surface area (Å²) in [6.07, 6.45) is 2.11. The number of hydrogen-bond acceptors (Lipinski definition) is 2. The van der Waals surface area contributed by atoms with E-state index in [9.17, 15) is 19.1 Å². The summed E-state index contributed by atoms with van der Waals surface area (Å²) in [4.78, 5) is 23.6. The van der Waals surface area contributed by atoms with Crippen LogP contribution in [0.4, 0.5) is 4.39 Å². The van der Waals surface area contributed by atoms with E-state index in [2.05, 4.69) is 15.9 Å². The largest absolute Gasteiger partial charge is 0.479 e. The number of carbonyl (C=O) groups is 2. The van der Waals surface area contributed by atoms with Gasteiger partial charge in [0, 0.05) is 6.04 Å². The first-order valence-electron chi connectivity index (χ1n) is 5.45. The number of aliphatic carboxylic acids is 1. The lowest BCUT2D eigenvalue weighted by molar-refractivity contribution is -0.147. The third kappa shape index (κ3) is 2.53. The molecule has 18 heavy (non-hydrogen) atoms. The quantitative estimate of drug-likeness (QED) is 0.848. The molecule has 0 saturated heterocycles. The van der Waals surface area contributed by atoms with E-state index < -0.39 is 17.8 Å². The minimum absolute atomic E-state index is 0.0460. The number of rotatable bonds is 5. The minimum atomic E-state index is -1.16. The number of hydrogen-bond donors (Lipinski definition) is 1. The van der Waals surface area contributed by atoms with Gasteiger partial charge in [-0.15, -0.1) is 0 Å². The van der Waals surface area contributed by atoms with Gasteiger partial charge in [0.25, 0.3) is 0 Å². The van der Waals surface area contributed by atoms with Gasteiger partial charge in [0.2, 0.25) is 6.41 Å². The standard InChI is InChI=1S/C12H11BrFNO3/c13-9-4-1-7(5-10(9)14)11(12(17)18)15(6-16)8-2-3-8/h1,4-6,8,11H,2-3H2,(H,17,18). The molecule has 1 aromatic rings. The van der Waals surface area contributed by atoms with Crippen molar-refractivity contribution < 1.29 is 19.1 Å². The fourth-order valence-corrected chi connectivity index (χ4v) is 2.10. The van der Waals surface area contributed by atoms with Gasteiger partial charge < -0.3 is 10.0 Å². The molecule has 1 saturated carbocycles. The molecular formula is C12H11BrFNO3. The Morgan fingerprint density at radius 3 is 2.67 bits per heavy atom. The molecule has 0 aromatic heterocycles. The van der Waals surface area contributed by atoms with Crippen LogP contribution in [0.2, 0.25) is 0 Å². The molecule has 1 aromatic carbocycles. The molecule has 0 heterocycles. The highest BCUT2D eigenvalue weighted by Crippen LogP contribution is 2.34. The lowest BCUT2D eigenvalue weighted by Crippen LogP contribution is -2.34. The Morgan fingerprint density at radius 2 is 2.22 bits per heavy atom. The summed E-state index contributed by atoms with van der Waals surface area (Å²) in [5.41, 5.74) is 0.266. The number of nitrogens with zero attached hydrogens (tertiary/aromatic N) is 1. The summed E-state index contributed by atoms with van der Waals surface area (Å²) in [5, 5.41) is 9.23. The minimum Gasteiger partial charge on any atom is -0.479 e. The maximum Gasteiger partial charge on any atom is 0.331 e. The summed E-state index contributed by atoms with van der Waals surface area (Å²) in [6.45, 7) is 0. The number of carboxylic acids is 1. The van der Waals surface area contributed by atoms with Crippen molar-refractivity contribution in [3.8, 4) is 0 Å². The zero-order valence-electron chi connectivity index (χ0n) is 9.35. The average molecular weight is 316 g/mol. The highest BCUT2D eigenvalue weighted by Gasteiger charge is 2.37. The molecule has 4 nitrogen and oxygen atoms in total. The van der Waals surface area contributed by atoms with Crippen molar-refractivity contribution in [1.82, 2.24) is 4.90 Å². The van der Waals surface area contributed by atoms with Crippen molar-refractivity contribution in [2.24, 2.45) is 0 Å². The van der Waals surface area contributed by atoms with E-state index in [4.69, 9.17) is 0 Å². The molecule has 96 valence electrons. The third-order valence-corrected chi connectivity index (χ3v) is 3.52. The molecule has 1 aliphatic rings. The average Bonchev–Trinajstić information content (AvgIpc) is 3.13. The number of amides is 1. The van der Waals surface area contributed by atoms with Crippen LogP contribution in [0.15, 0.2) is 22.7 Å². The van der Waals surface area contributed by atoms with Crippen LogP contribution in [0.25, 0.3) is 0 Å². The van der Waals surface area contributed by atoms with Crippen LogP contribution in [0, 0.1) is 5.82 Å².